The van der Waals surface area contributed by atoms with Gasteiger partial charge in [0.05, 0.1) is 17.7 Å². The smallest absolute Gasteiger partial charge is 0.256 e. The van der Waals surface area contributed by atoms with Crippen molar-refractivity contribution in [2.75, 3.05) is 11.9 Å². The Morgan fingerprint density at radius 2 is 2.26 bits per heavy atom. The molecule has 0 spiro atoms. The van der Waals surface area contributed by atoms with Gasteiger partial charge < -0.3 is 11.1 Å². The van der Waals surface area contributed by atoms with E-state index in [2.05, 4.69) is 17.2 Å². The maximum absolute atomic E-state index is 13.7. The molecule has 3 nitrogen and oxygen atoms in total. The lowest BCUT2D eigenvalue weighted by atomic mass is 10.2. The van der Waals surface area contributed by atoms with Gasteiger partial charge in [-0.25, -0.2) is 4.39 Å². The molecule has 0 saturated carbocycles. The Kier molecular flexibility index (Phi) is 4.29. The lowest BCUT2D eigenvalue weighted by Gasteiger charge is -2.04. The van der Waals surface area contributed by atoms with E-state index in [1.54, 1.807) is 22.9 Å². The summed E-state index contributed by atoms with van der Waals surface area (Å²) in [7, 11) is 0. The first-order valence-corrected chi connectivity index (χ1v) is 6.47. The van der Waals surface area contributed by atoms with Crippen molar-refractivity contribution >= 4 is 22.9 Å². The fourth-order valence-electron chi connectivity index (χ4n) is 1.44. The SMILES string of the molecule is NCC#Cc1ccc(NC(=O)c2ccsc2)cc1F. The number of hydrogen-bond acceptors (Lipinski definition) is 3. The van der Waals surface area contributed by atoms with Crippen LogP contribution in [0.4, 0.5) is 10.1 Å². The van der Waals surface area contributed by atoms with Gasteiger partial charge in [-0.3, -0.25) is 4.79 Å². The zero-order valence-corrected chi connectivity index (χ0v) is 10.8. The molecule has 5 heteroatoms. The number of nitrogens with two attached hydrogens (primary N) is 1. The van der Waals surface area contributed by atoms with Gasteiger partial charge in [0.2, 0.25) is 0 Å². The molecule has 1 aromatic heterocycles. The zero-order chi connectivity index (χ0) is 13.7. The molecule has 3 N–H and O–H groups in total. The zero-order valence-electron chi connectivity index (χ0n) is 9.94. The summed E-state index contributed by atoms with van der Waals surface area (Å²) in [4.78, 5) is 11.8. The number of benzene rings is 1. The molecule has 1 aromatic carbocycles. The van der Waals surface area contributed by atoms with Gasteiger partial charge in [0.15, 0.2) is 0 Å². The fourth-order valence-corrected chi connectivity index (χ4v) is 2.07. The number of amides is 1. The number of rotatable bonds is 2. The molecule has 1 amide bonds. The monoisotopic (exact) mass is 274 g/mol. The predicted molar refractivity (Wildman–Crippen MR) is 74.6 cm³/mol. The molecule has 0 aliphatic carbocycles. The standard InChI is InChI=1S/C14H11FN2OS/c15-13-8-12(4-3-10(13)2-1-6-16)17-14(18)11-5-7-19-9-11/h3-5,7-9H,6,16H2,(H,17,18). The van der Waals surface area contributed by atoms with E-state index in [-0.39, 0.29) is 18.0 Å². The van der Waals surface area contributed by atoms with Gasteiger partial charge in [-0.15, -0.1) is 0 Å². The summed E-state index contributed by atoms with van der Waals surface area (Å²) in [5.74, 6) is 4.45. The number of carbonyl (C=O) groups excluding carboxylic acids is 1. The second-order valence-corrected chi connectivity index (χ2v) is 4.45. The molecule has 0 unspecified atom stereocenters. The molecule has 0 saturated heterocycles. The summed E-state index contributed by atoms with van der Waals surface area (Å²) in [6.45, 7) is 0.177. The molecule has 0 aliphatic rings. The van der Waals surface area contributed by atoms with Gasteiger partial charge in [0.25, 0.3) is 5.91 Å². The Balaban J connectivity index is 2.14. The Hall–Kier alpha value is -2.16. The average molecular weight is 274 g/mol. The van der Waals surface area contributed by atoms with E-state index in [1.807, 2.05) is 0 Å². The van der Waals surface area contributed by atoms with Crippen LogP contribution in [0.1, 0.15) is 15.9 Å². The van der Waals surface area contributed by atoms with Crippen molar-refractivity contribution < 1.29 is 9.18 Å². The van der Waals surface area contributed by atoms with E-state index in [0.29, 0.717) is 11.3 Å². The van der Waals surface area contributed by atoms with Gasteiger partial charge in [0, 0.05) is 11.1 Å². The van der Waals surface area contributed by atoms with Gasteiger partial charge in [-0.1, -0.05) is 11.8 Å². The summed E-state index contributed by atoms with van der Waals surface area (Å²) in [5.41, 5.74) is 6.44. The topological polar surface area (TPSA) is 55.1 Å². The Labute approximate surface area is 114 Å². The summed E-state index contributed by atoms with van der Waals surface area (Å²) < 4.78 is 13.7. The highest BCUT2D eigenvalue weighted by molar-refractivity contribution is 7.08. The van der Waals surface area contributed by atoms with Gasteiger partial charge >= 0.3 is 0 Å². The van der Waals surface area contributed by atoms with E-state index >= 15 is 0 Å². The van der Waals surface area contributed by atoms with E-state index in [4.69, 9.17) is 5.73 Å². The second kappa shape index (κ2) is 6.14. The van der Waals surface area contributed by atoms with Crippen molar-refractivity contribution in [3.63, 3.8) is 0 Å². The van der Waals surface area contributed by atoms with Crippen molar-refractivity contribution in [2.24, 2.45) is 5.73 Å². The number of carbonyl (C=O) groups is 1. The molecular formula is C14H11FN2OS. The third-order valence-corrected chi connectivity index (χ3v) is 3.02. The lowest BCUT2D eigenvalue weighted by molar-refractivity contribution is 0.102. The quantitative estimate of drug-likeness (QED) is 0.826. The first-order valence-electron chi connectivity index (χ1n) is 5.53. The third kappa shape index (κ3) is 3.41. The lowest BCUT2D eigenvalue weighted by Crippen LogP contribution is -2.11. The van der Waals surface area contributed by atoms with Crippen LogP contribution in [-0.2, 0) is 0 Å². The summed E-state index contributed by atoms with van der Waals surface area (Å²) >= 11 is 1.43. The third-order valence-electron chi connectivity index (χ3n) is 2.34. The average Bonchev–Trinajstić information content (AvgIpc) is 2.92. The highest BCUT2D eigenvalue weighted by atomic mass is 32.1. The van der Waals surface area contributed by atoms with Crippen LogP contribution in [0.15, 0.2) is 35.0 Å². The summed E-state index contributed by atoms with van der Waals surface area (Å²) in [6.07, 6.45) is 0. The van der Waals surface area contributed by atoms with Gasteiger partial charge in [-0.2, -0.15) is 11.3 Å². The van der Waals surface area contributed by atoms with Crippen LogP contribution in [0.3, 0.4) is 0 Å². The molecule has 0 radical (unpaired) electrons. The number of hydrogen-bond donors (Lipinski definition) is 2. The predicted octanol–water partition coefficient (Wildman–Crippen LogP) is 2.45. The Bertz CT molecular complexity index is 641. The molecule has 0 aliphatic heterocycles. The van der Waals surface area contributed by atoms with E-state index < -0.39 is 5.82 Å². The first kappa shape index (κ1) is 13.3. The minimum Gasteiger partial charge on any atom is -0.322 e. The van der Waals surface area contributed by atoms with Crippen LogP contribution in [0, 0.1) is 17.7 Å². The fraction of sp³-hybridized carbons (Fsp3) is 0.0714. The van der Waals surface area contributed by atoms with Crippen molar-refractivity contribution in [2.45, 2.75) is 0 Å². The van der Waals surface area contributed by atoms with Crippen LogP contribution in [-0.4, -0.2) is 12.5 Å². The van der Waals surface area contributed by atoms with Crippen molar-refractivity contribution in [3.8, 4) is 11.8 Å². The Morgan fingerprint density at radius 1 is 1.42 bits per heavy atom. The number of nitrogens with one attached hydrogen (secondary N) is 1. The molecule has 2 aromatic rings. The van der Waals surface area contributed by atoms with Crippen molar-refractivity contribution in [1.29, 1.82) is 0 Å². The van der Waals surface area contributed by atoms with Crippen LogP contribution >= 0.6 is 11.3 Å². The minimum absolute atomic E-state index is 0.177. The van der Waals surface area contributed by atoms with Crippen LogP contribution in [0.2, 0.25) is 0 Å². The number of thiophene rings is 1. The number of halogens is 1. The first-order chi connectivity index (χ1) is 9.20. The van der Waals surface area contributed by atoms with Crippen LogP contribution < -0.4 is 11.1 Å². The van der Waals surface area contributed by atoms with E-state index in [1.165, 1.54) is 23.5 Å². The molecule has 2 rings (SSSR count). The molecule has 1 heterocycles. The summed E-state index contributed by atoms with van der Waals surface area (Å²) in [6, 6.07) is 6.07. The molecule has 96 valence electrons. The Morgan fingerprint density at radius 3 is 2.89 bits per heavy atom. The summed E-state index contributed by atoms with van der Waals surface area (Å²) in [5, 5.41) is 6.16. The van der Waals surface area contributed by atoms with Crippen LogP contribution in [0.5, 0.6) is 0 Å². The van der Waals surface area contributed by atoms with E-state index in [9.17, 15) is 9.18 Å². The van der Waals surface area contributed by atoms with Crippen LogP contribution in [0.25, 0.3) is 0 Å². The van der Waals surface area contributed by atoms with Crippen molar-refractivity contribution in [1.82, 2.24) is 0 Å². The molecular weight excluding hydrogens is 263 g/mol. The maximum Gasteiger partial charge on any atom is 0.256 e. The largest absolute Gasteiger partial charge is 0.322 e. The number of anilines is 1. The molecule has 0 fully saturated rings. The highest BCUT2D eigenvalue weighted by Gasteiger charge is 2.07. The normalized spacial score (nSPS) is 9.58. The van der Waals surface area contributed by atoms with Gasteiger partial charge in [0.1, 0.15) is 5.82 Å². The molecule has 0 atom stereocenters. The highest BCUT2D eigenvalue weighted by Crippen LogP contribution is 2.15. The molecule has 19 heavy (non-hydrogen) atoms. The maximum atomic E-state index is 13.7. The van der Waals surface area contributed by atoms with Crippen molar-refractivity contribution in [3.05, 3.63) is 52.0 Å². The molecule has 0 bridgehead atoms. The van der Waals surface area contributed by atoms with Gasteiger partial charge in [-0.05, 0) is 29.6 Å². The second-order valence-electron chi connectivity index (χ2n) is 3.67. The minimum atomic E-state index is -0.482. The van der Waals surface area contributed by atoms with E-state index in [0.717, 1.165) is 0 Å².